The van der Waals surface area contributed by atoms with Crippen molar-refractivity contribution < 1.29 is 18.3 Å². The first-order valence-corrected chi connectivity index (χ1v) is 5.92. The smallest absolute Gasteiger partial charge is 0.220 e. The van der Waals surface area contributed by atoms with E-state index in [2.05, 4.69) is 5.32 Å². The third-order valence-electron chi connectivity index (χ3n) is 2.40. The zero-order valence-corrected chi connectivity index (χ0v) is 10.3. The van der Waals surface area contributed by atoms with E-state index < -0.39 is 11.6 Å². The molecular formula is C13H17F2NO2. The van der Waals surface area contributed by atoms with Crippen molar-refractivity contribution in [2.45, 2.75) is 19.8 Å². The lowest BCUT2D eigenvalue weighted by Crippen LogP contribution is -2.27. The molecule has 0 unspecified atom stereocenters. The number of carbonyl (C=O) groups is 1. The number of nitrogens with one attached hydrogen (secondary N) is 1. The molecule has 0 atom stereocenters. The Bertz CT molecular complexity index is 397. The van der Waals surface area contributed by atoms with Gasteiger partial charge >= 0.3 is 0 Å². The van der Waals surface area contributed by atoms with E-state index in [1.807, 2.05) is 6.92 Å². The van der Waals surface area contributed by atoms with Gasteiger partial charge in [-0.3, -0.25) is 4.79 Å². The zero-order valence-electron chi connectivity index (χ0n) is 10.3. The molecule has 1 amide bonds. The fourth-order valence-corrected chi connectivity index (χ4v) is 1.45. The summed E-state index contributed by atoms with van der Waals surface area (Å²) in [6.45, 7) is 3.44. The van der Waals surface area contributed by atoms with E-state index in [1.54, 1.807) is 0 Å². The Balaban J connectivity index is 2.27. The molecule has 5 heteroatoms. The second-order valence-corrected chi connectivity index (χ2v) is 3.80. The fraction of sp³-hybridized carbons (Fsp3) is 0.462. The number of amides is 1. The molecule has 3 nitrogen and oxygen atoms in total. The molecule has 0 aliphatic heterocycles. The summed E-state index contributed by atoms with van der Waals surface area (Å²) in [4.78, 5) is 11.4. The third-order valence-corrected chi connectivity index (χ3v) is 2.40. The van der Waals surface area contributed by atoms with Crippen LogP contribution < -0.4 is 5.32 Å². The van der Waals surface area contributed by atoms with Gasteiger partial charge in [-0.15, -0.1) is 0 Å². The summed E-state index contributed by atoms with van der Waals surface area (Å²) in [7, 11) is 0. The molecule has 0 bridgehead atoms. The van der Waals surface area contributed by atoms with Crippen molar-refractivity contribution in [3.63, 3.8) is 0 Å². The van der Waals surface area contributed by atoms with Crippen LogP contribution in [0, 0.1) is 11.6 Å². The normalized spacial score (nSPS) is 10.4. The minimum Gasteiger partial charge on any atom is -0.380 e. The van der Waals surface area contributed by atoms with E-state index in [0.29, 0.717) is 31.7 Å². The highest BCUT2D eigenvalue weighted by molar-refractivity contribution is 5.76. The van der Waals surface area contributed by atoms with Crippen LogP contribution in [0.15, 0.2) is 18.2 Å². The summed E-state index contributed by atoms with van der Waals surface area (Å²) in [5.74, 6) is -1.89. The van der Waals surface area contributed by atoms with E-state index in [4.69, 9.17) is 4.74 Å². The van der Waals surface area contributed by atoms with E-state index in [0.717, 1.165) is 12.1 Å². The Labute approximate surface area is 105 Å². The molecule has 0 spiro atoms. The number of ether oxygens (including phenoxy) is 1. The zero-order chi connectivity index (χ0) is 13.4. The van der Waals surface area contributed by atoms with Gasteiger partial charge in [0.2, 0.25) is 5.91 Å². The standard InChI is InChI=1S/C13H17F2NO2/c1-2-18-8-7-16-13(17)6-4-10-3-5-11(14)12(15)9-10/h3,5,9H,2,4,6-8H2,1H3,(H,16,17). The van der Waals surface area contributed by atoms with Crippen molar-refractivity contribution >= 4 is 5.91 Å². The van der Waals surface area contributed by atoms with Crippen LogP contribution in [0.3, 0.4) is 0 Å². The molecule has 18 heavy (non-hydrogen) atoms. The fourth-order valence-electron chi connectivity index (χ4n) is 1.45. The maximum Gasteiger partial charge on any atom is 0.220 e. The SMILES string of the molecule is CCOCCNC(=O)CCc1ccc(F)c(F)c1. The Morgan fingerprint density at radius 1 is 1.33 bits per heavy atom. The first-order valence-electron chi connectivity index (χ1n) is 5.92. The number of hydrogen-bond donors (Lipinski definition) is 1. The van der Waals surface area contributed by atoms with Gasteiger partial charge in [-0.25, -0.2) is 8.78 Å². The van der Waals surface area contributed by atoms with Crippen LogP contribution in [0.25, 0.3) is 0 Å². The van der Waals surface area contributed by atoms with Crippen LogP contribution in [0.1, 0.15) is 18.9 Å². The number of benzene rings is 1. The van der Waals surface area contributed by atoms with Gasteiger partial charge < -0.3 is 10.1 Å². The van der Waals surface area contributed by atoms with Gasteiger partial charge in [0.05, 0.1) is 6.61 Å². The maximum absolute atomic E-state index is 12.9. The summed E-state index contributed by atoms with van der Waals surface area (Å²) in [6.07, 6.45) is 0.634. The number of rotatable bonds is 7. The molecule has 1 rings (SSSR count). The first kappa shape index (κ1) is 14.6. The highest BCUT2D eigenvalue weighted by atomic mass is 19.2. The highest BCUT2D eigenvalue weighted by Gasteiger charge is 2.05. The van der Waals surface area contributed by atoms with Gasteiger partial charge in [-0.05, 0) is 31.0 Å². The second-order valence-electron chi connectivity index (χ2n) is 3.80. The monoisotopic (exact) mass is 257 g/mol. The minimum atomic E-state index is -0.885. The van der Waals surface area contributed by atoms with Crippen molar-refractivity contribution in [1.29, 1.82) is 0 Å². The van der Waals surface area contributed by atoms with E-state index >= 15 is 0 Å². The molecule has 0 aliphatic carbocycles. The van der Waals surface area contributed by atoms with Gasteiger partial charge in [0, 0.05) is 19.6 Å². The number of carbonyl (C=O) groups excluding carboxylic acids is 1. The number of hydrogen-bond acceptors (Lipinski definition) is 2. The van der Waals surface area contributed by atoms with Crippen LogP contribution in [0.5, 0.6) is 0 Å². The average molecular weight is 257 g/mol. The summed E-state index contributed by atoms with van der Waals surface area (Å²) in [5, 5.41) is 2.68. The van der Waals surface area contributed by atoms with Crippen molar-refractivity contribution in [3.8, 4) is 0 Å². The van der Waals surface area contributed by atoms with Gasteiger partial charge in [0.1, 0.15) is 0 Å². The molecule has 0 heterocycles. The largest absolute Gasteiger partial charge is 0.380 e. The van der Waals surface area contributed by atoms with Gasteiger partial charge in [-0.1, -0.05) is 6.07 Å². The number of halogens is 2. The molecule has 0 saturated heterocycles. The molecule has 0 saturated carbocycles. The van der Waals surface area contributed by atoms with Gasteiger partial charge in [0.15, 0.2) is 11.6 Å². The summed E-state index contributed by atoms with van der Waals surface area (Å²) in [5.41, 5.74) is 0.605. The molecule has 0 aromatic heterocycles. The van der Waals surface area contributed by atoms with E-state index in [1.165, 1.54) is 6.07 Å². The Morgan fingerprint density at radius 2 is 2.11 bits per heavy atom. The number of aryl methyl sites for hydroxylation is 1. The predicted octanol–water partition coefficient (Wildman–Crippen LogP) is 2.05. The van der Waals surface area contributed by atoms with Crippen LogP contribution in [0.2, 0.25) is 0 Å². The molecule has 1 aromatic rings. The Hall–Kier alpha value is -1.49. The average Bonchev–Trinajstić information content (AvgIpc) is 2.36. The van der Waals surface area contributed by atoms with Gasteiger partial charge in [0.25, 0.3) is 0 Å². The molecule has 0 radical (unpaired) electrons. The minimum absolute atomic E-state index is 0.126. The van der Waals surface area contributed by atoms with Crippen molar-refractivity contribution in [2.75, 3.05) is 19.8 Å². The van der Waals surface area contributed by atoms with Crippen molar-refractivity contribution in [3.05, 3.63) is 35.4 Å². The molecular weight excluding hydrogens is 240 g/mol. The lowest BCUT2D eigenvalue weighted by Gasteiger charge is -2.05. The summed E-state index contributed by atoms with van der Waals surface area (Å²) < 4.78 is 30.6. The topological polar surface area (TPSA) is 38.3 Å². The van der Waals surface area contributed by atoms with Gasteiger partial charge in [-0.2, -0.15) is 0 Å². The van der Waals surface area contributed by atoms with Crippen LogP contribution >= 0.6 is 0 Å². The molecule has 0 fully saturated rings. The molecule has 1 N–H and O–H groups in total. The molecule has 100 valence electrons. The highest BCUT2D eigenvalue weighted by Crippen LogP contribution is 2.10. The lowest BCUT2D eigenvalue weighted by molar-refractivity contribution is -0.121. The Morgan fingerprint density at radius 3 is 2.78 bits per heavy atom. The maximum atomic E-state index is 12.9. The third kappa shape index (κ3) is 5.23. The predicted molar refractivity (Wildman–Crippen MR) is 64.2 cm³/mol. The second kappa shape index (κ2) is 7.76. The Kier molecular flexibility index (Phi) is 6.28. The van der Waals surface area contributed by atoms with E-state index in [9.17, 15) is 13.6 Å². The van der Waals surface area contributed by atoms with Crippen molar-refractivity contribution in [2.24, 2.45) is 0 Å². The molecule has 1 aromatic carbocycles. The quantitative estimate of drug-likeness (QED) is 0.759. The first-order chi connectivity index (χ1) is 8.63. The van der Waals surface area contributed by atoms with E-state index in [-0.39, 0.29) is 12.3 Å². The molecule has 0 aliphatic rings. The summed E-state index contributed by atoms with van der Waals surface area (Å²) in [6, 6.07) is 3.66. The van der Waals surface area contributed by atoms with Crippen LogP contribution in [-0.2, 0) is 16.0 Å². The van der Waals surface area contributed by atoms with Crippen LogP contribution in [-0.4, -0.2) is 25.7 Å². The van der Waals surface area contributed by atoms with Crippen molar-refractivity contribution in [1.82, 2.24) is 5.32 Å². The lowest BCUT2D eigenvalue weighted by atomic mass is 10.1. The summed E-state index contributed by atoms with van der Waals surface area (Å²) >= 11 is 0. The van der Waals surface area contributed by atoms with Crippen LogP contribution in [0.4, 0.5) is 8.78 Å².